The van der Waals surface area contributed by atoms with Gasteiger partial charge < -0.3 is 10.5 Å². The molecule has 1 aromatic rings. The monoisotopic (exact) mass is 264 g/mol. The van der Waals surface area contributed by atoms with E-state index in [1.807, 2.05) is 13.0 Å². The van der Waals surface area contributed by atoms with Gasteiger partial charge in [0.1, 0.15) is 5.75 Å². The van der Waals surface area contributed by atoms with Crippen molar-refractivity contribution in [2.75, 3.05) is 13.7 Å². The number of hydrogen-bond acceptors (Lipinski definition) is 3. The first kappa shape index (κ1) is 13.7. The molecule has 2 rings (SSSR count). The quantitative estimate of drug-likeness (QED) is 0.646. The molecule has 3 N–H and O–H groups in total. The second kappa shape index (κ2) is 5.09. The zero-order chi connectivity index (χ0) is 14.2. The van der Waals surface area contributed by atoms with Crippen LogP contribution in [0.4, 0.5) is 4.79 Å². The third-order valence-electron chi connectivity index (χ3n) is 3.98. The van der Waals surface area contributed by atoms with Crippen LogP contribution in [0.25, 0.3) is 0 Å². The standard InChI is InChI=1S/C14H20N2O3/c1-8-9(2)13(19-3)5-4-11(8)12-6-10(12)7-16(18)14(15)17/h4-5,10,12,18H,6-7H2,1-3H3,(H2,15,17). The van der Waals surface area contributed by atoms with Gasteiger partial charge in [0.15, 0.2) is 0 Å². The van der Waals surface area contributed by atoms with Crippen molar-refractivity contribution < 1.29 is 14.7 Å². The van der Waals surface area contributed by atoms with E-state index in [0.29, 0.717) is 17.5 Å². The van der Waals surface area contributed by atoms with Gasteiger partial charge in [-0.1, -0.05) is 6.07 Å². The maximum Gasteiger partial charge on any atom is 0.338 e. The van der Waals surface area contributed by atoms with E-state index in [9.17, 15) is 10.0 Å². The molecule has 0 bridgehead atoms. The number of urea groups is 1. The molecule has 104 valence electrons. The Balaban J connectivity index is 2.09. The van der Waals surface area contributed by atoms with Crippen molar-refractivity contribution in [2.45, 2.75) is 26.2 Å². The fourth-order valence-corrected chi connectivity index (χ4v) is 2.58. The van der Waals surface area contributed by atoms with Gasteiger partial charge in [-0.05, 0) is 54.9 Å². The fraction of sp³-hybridized carbons (Fsp3) is 0.500. The molecule has 0 aromatic heterocycles. The SMILES string of the molecule is COc1ccc(C2CC2CN(O)C(N)=O)c(C)c1C. The minimum absolute atomic E-state index is 0.281. The van der Waals surface area contributed by atoms with Gasteiger partial charge in [-0.3, -0.25) is 5.21 Å². The first-order valence-corrected chi connectivity index (χ1v) is 6.35. The summed E-state index contributed by atoms with van der Waals surface area (Å²) in [5.41, 5.74) is 8.63. The maximum absolute atomic E-state index is 10.8. The molecule has 0 spiro atoms. The number of amides is 2. The van der Waals surface area contributed by atoms with Gasteiger partial charge in [0.2, 0.25) is 0 Å². The van der Waals surface area contributed by atoms with Gasteiger partial charge >= 0.3 is 6.03 Å². The Labute approximate surface area is 112 Å². The van der Waals surface area contributed by atoms with E-state index in [1.54, 1.807) is 7.11 Å². The fourth-order valence-electron chi connectivity index (χ4n) is 2.58. The molecular formula is C14H20N2O3. The lowest BCUT2D eigenvalue weighted by atomic mass is 9.98. The van der Waals surface area contributed by atoms with E-state index < -0.39 is 6.03 Å². The van der Waals surface area contributed by atoms with Crippen LogP contribution in [0.5, 0.6) is 5.75 Å². The van der Waals surface area contributed by atoms with Crippen LogP contribution in [-0.2, 0) is 0 Å². The number of ether oxygens (including phenoxy) is 1. The van der Waals surface area contributed by atoms with Crippen molar-refractivity contribution in [2.24, 2.45) is 11.7 Å². The Morgan fingerprint density at radius 3 is 2.74 bits per heavy atom. The van der Waals surface area contributed by atoms with E-state index in [4.69, 9.17) is 10.5 Å². The van der Waals surface area contributed by atoms with Gasteiger partial charge in [0.05, 0.1) is 13.7 Å². The molecule has 0 saturated heterocycles. The van der Waals surface area contributed by atoms with E-state index >= 15 is 0 Å². The first-order chi connectivity index (χ1) is 8.95. The molecule has 2 amide bonds. The van der Waals surface area contributed by atoms with Crippen LogP contribution in [0.1, 0.15) is 29.0 Å². The Morgan fingerprint density at radius 1 is 1.47 bits per heavy atom. The molecule has 5 heteroatoms. The summed E-state index contributed by atoms with van der Waals surface area (Å²) in [7, 11) is 1.66. The van der Waals surface area contributed by atoms with Crippen molar-refractivity contribution in [1.29, 1.82) is 0 Å². The van der Waals surface area contributed by atoms with Crippen LogP contribution in [0, 0.1) is 19.8 Å². The third-order valence-corrected chi connectivity index (χ3v) is 3.98. The van der Waals surface area contributed by atoms with Crippen LogP contribution < -0.4 is 10.5 Å². The summed E-state index contributed by atoms with van der Waals surface area (Å²) in [5.74, 6) is 1.56. The van der Waals surface area contributed by atoms with Gasteiger partial charge in [-0.25, -0.2) is 9.86 Å². The maximum atomic E-state index is 10.8. The van der Waals surface area contributed by atoms with Crippen molar-refractivity contribution in [1.82, 2.24) is 5.06 Å². The average molecular weight is 264 g/mol. The lowest BCUT2D eigenvalue weighted by Crippen LogP contribution is -2.34. The van der Waals surface area contributed by atoms with Gasteiger partial charge in [0.25, 0.3) is 0 Å². The number of hydrogen-bond donors (Lipinski definition) is 2. The number of nitrogens with zero attached hydrogens (tertiary/aromatic N) is 1. The zero-order valence-corrected chi connectivity index (χ0v) is 11.5. The normalized spacial score (nSPS) is 21.1. The van der Waals surface area contributed by atoms with Crippen LogP contribution in [-0.4, -0.2) is 30.0 Å². The largest absolute Gasteiger partial charge is 0.496 e. The minimum Gasteiger partial charge on any atom is -0.496 e. The lowest BCUT2D eigenvalue weighted by Gasteiger charge is -2.14. The van der Waals surface area contributed by atoms with E-state index in [-0.39, 0.29) is 5.92 Å². The number of methoxy groups -OCH3 is 1. The number of carbonyl (C=O) groups excluding carboxylic acids is 1. The summed E-state index contributed by atoms with van der Waals surface area (Å²) >= 11 is 0. The van der Waals surface area contributed by atoms with E-state index in [1.165, 1.54) is 11.1 Å². The molecule has 1 saturated carbocycles. The third kappa shape index (κ3) is 2.66. The number of carbonyl (C=O) groups is 1. The number of hydroxylamine groups is 2. The molecule has 0 heterocycles. The van der Waals surface area contributed by atoms with E-state index in [2.05, 4.69) is 13.0 Å². The molecule has 0 radical (unpaired) electrons. The topological polar surface area (TPSA) is 75.8 Å². The number of nitrogens with two attached hydrogens (primary N) is 1. The molecule has 0 aliphatic heterocycles. The average Bonchev–Trinajstić information content (AvgIpc) is 3.11. The second-order valence-corrected chi connectivity index (χ2v) is 5.13. The van der Waals surface area contributed by atoms with Crippen molar-refractivity contribution in [3.8, 4) is 5.75 Å². The summed E-state index contributed by atoms with van der Waals surface area (Å²) in [5, 5.41) is 9.94. The molecule has 5 nitrogen and oxygen atoms in total. The molecule has 1 fully saturated rings. The predicted molar refractivity (Wildman–Crippen MR) is 71.4 cm³/mol. The highest BCUT2D eigenvalue weighted by Crippen LogP contribution is 2.49. The molecule has 1 aliphatic rings. The van der Waals surface area contributed by atoms with Gasteiger partial charge in [-0.15, -0.1) is 0 Å². The smallest absolute Gasteiger partial charge is 0.338 e. The summed E-state index contributed by atoms with van der Waals surface area (Å²) in [4.78, 5) is 10.8. The molecule has 2 unspecified atom stereocenters. The lowest BCUT2D eigenvalue weighted by molar-refractivity contribution is -0.0431. The van der Waals surface area contributed by atoms with Crippen molar-refractivity contribution in [3.63, 3.8) is 0 Å². The summed E-state index contributed by atoms with van der Waals surface area (Å²) in [6, 6.07) is 3.24. The second-order valence-electron chi connectivity index (χ2n) is 5.13. The predicted octanol–water partition coefficient (Wildman–Crippen LogP) is 2.19. The highest BCUT2D eigenvalue weighted by atomic mass is 16.5. The number of benzene rings is 1. The van der Waals surface area contributed by atoms with E-state index in [0.717, 1.165) is 17.7 Å². The number of rotatable bonds is 4. The highest BCUT2D eigenvalue weighted by Gasteiger charge is 2.40. The summed E-state index contributed by atoms with van der Waals surface area (Å²) in [6.45, 7) is 4.41. The first-order valence-electron chi connectivity index (χ1n) is 6.35. The molecule has 1 aliphatic carbocycles. The molecule has 2 atom stereocenters. The van der Waals surface area contributed by atoms with Crippen LogP contribution >= 0.6 is 0 Å². The minimum atomic E-state index is -0.798. The Kier molecular flexibility index (Phi) is 3.66. The highest BCUT2D eigenvalue weighted by molar-refractivity contribution is 5.70. The molecule has 19 heavy (non-hydrogen) atoms. The van der Waals surface area contributed by atoms with Gasteiger partial charge in [-0.2, -0.15) is 0 Å². The van der Waals surface area contributed by atoms with Crippen molar-refractivity contribution in [3.05, 3.63) is 28.8 Å². The van der Waals surface area contributed by atoms with Crippen LogP contribution in [0.15, 0.2) is 12.1 Å². The van der Waals surface area contributed by atoms with Crippen LogP contribution in [0.3, 0.4) is 0 Å². The van der Waals surface area contributed by atoms with Crippen molar-refractivity contribution >= 4 is 6.03 Å². The summed E-state index contributed by atoms with van der Waals surface area (Å²) in [6.07, 6.45) is 0.969. The zero-order valence-electron chi connectivity index (χ0n) is 11.5. The van der Waals surface area contributed by atoms with Gasteiger partial charge in [0, 0.05) is 0 Å². The Bertz CT molecular complexity index is 502. The van der Waals surface area contributed by atoms with Crippen LogP contribution in [0.2, 0.25) is 0 Å². The summed E-state index contributed by atoms with van der Waals surface area (Å²) < 4.78 is 5.29. The molecular weight excluding hydrogens is 244 g/mol. The molecule has 1 aromatic carbocycles. The Morgan fingerprint density at radius 2 is 2.16 bits per heavy atom. The number of primary amides is 1. The Hall–Kier alpha value is -1.75.